The molecule has 0 atom stereocenters. The number of carbonyl (C=O) groups excluding carboxylic acids is 1. The molecular weight excluding hydrogens is 269 g/mol. The first-order valence-corrected chi connectivity index (χ1v) is 6.14. The van der Waals surface area contributed by atoms with E-state index in [-0.39, 0.29) is 35.1 Å². The van der Waals surface area contributed by atoms with Gasteiger partial charge in [0.1, 0.15) is 5.82 Å². The summed E-state index contributed by atoms with van der Waals surface area (Å²) in [6.45, 7) is 3.71. The third-order valence-electron chi connectivity index (χ3n) is 3.40. The van der Waals surface area contributed by atoms with Crippen LogP contribution >= 0.6 is 0 Å². The Kier molecular flexibility index (Phi) is 4.64. The number of rotatable bonds is 2. The fourth-order valence-electron chi connectivity index (χ4n) is 2.22. The van der Waals surface area contributed by atoms with Gasteiger partial charge in [0.25, 0.3) is 0 Å². The number of aromatic nitrogens is 3. The molecule has 0 bridgehead atoms. The number of aromatic carboxylic acids is 1. The molecule has 20 heavy (non-hydrogen) atoms. The molecule has 0 N–H and O–H groups in total. The Balaban J connectivity index is 0.00000147. The molecule has 0 saturated carbocycles. The van der Waals surface area contributed by atoms with Crippen LogP contribution in [-0.2, 0) is 0 Å². The van der Waals surface area contributed by atoms with Crippen LogP contribution in [0, 0.1) is 0 Å². The Labute approximate surface area is 138 Å². The number of piperazine rings is 1. The van der Waals surface area contributed by atoms with Crippen molar-refractivity contribution in [3.05, 3.63) is 24.0 Å². The summed E-state index contributed by atoms with van der Waals surface area (Å²) in [6, 6.07) is 1.85. The quantitative estimate of drug-likeness (QED) is 0.521. The van der Waals surface area contributed by atoms with Crippen LogP contribution in [0.2, 0.25) is 0 Å². The summed E-state index contributed by atoms with van der Waals surface area (Å²) in [7, 11) is 2.08. The van der Waals surface area contributed by atoms with Crippen molar-refractivity contribution >= 4 is 17.4 Å². The molecule has 0 aliphatic carbocycles. The number of nitrogens with zero attached hydrogens (tertiary/aromatic N) is 5. The zero-order chi connectivity index (χ0) is 13.4. The molecule has 8 heteroatoms. The van der Waals surface area contributed by atoms with E-state index in [2.05, 4.69) is 26.9 Å². The monoisotopic (exact) mass is 283 g/mol. The molecule has 0 unspecified atom stereocenters. The molecule has 7 nitrogen and oxygen atoms in total. The molecule has 0 aromatic carbocycles. The first-order valence-electron chi connectivity index (χ1n) is 6.14. The first kappa shape index (κ1) is 15.2. The Morgan fingerprint density at radius 3 is 2.65 bits per heavy atom. The van der Waals surface area contributed by atoms with Crippen molar-refractivity contribution < 1.29 is 39.5 Å². The van der Waals surface area contributed by atoms with E-state index in [9.17, 15) is 9.90 Å². The summed E-state index contributed by atoms with van der Waals surface area (Å²) in [4.78, 5) is 19.8. The van der Waals surface area contributed by atoms with Gasteiger partial charge >= 0.3 is 29.6 Å². The summed E-state index contributed by atoms with van der Waals surface area (Å²) in [6.07, 6.45) is 2.99. The van der Waals surface area contributed by atoms with Gasteiger partial charge in [-0.15, -0.1) is 0 Å². The molecule has 0 amide bonds. The van der Waals surface area contributed by atoms with Crippen LogP contribution < -0.4 is 39.6 Å². The van der Waals surface area contributed by atoms with Gasteiger partial charge in [0, 0.05) is 32.4 Å². The summed E-state index contributed by atoms with van der Waals surface area (Å²) >= 11 is 0. The molecule has 3 heterocycles. The molecule has 2 aromatic rings. The number of likely N-dealkylation sites (N-methyl/N-ethyl adjacent to an activating group) is 1. The average molecular weight is 283 g/mol. The number of carboxylic acid groups (broad SMARTS) is 1. The van der Waals surface area contributed by atoms with Crippen LogP contribution in [-0.4, -0.2) is 58.7 Å². The Morgan fingerprint density at radius 2 is 2.00 bits per heavy atom. The van der Waals surface area contributed by atoms with Crippen molar-refractivity contribution in [1.29, 1.82) is 0 Å². The van der Waals surface area contributed by atoms with Crippen LogP contribution in [0.5, 0.6) is 0 Å². The number of anilines is 1. The van der Waals surface area contributed by atoms with Gasteiger partial charge in [-0.2, -0.15) is 5.10 Å². The molecule has 1 aliphatic rings. The van der Waals surface area contributed by atoms with Crippen LogP contribution in [0.4, 0.5) is 5.82 Å². The van der Waals surface area contributed by atoms with Gasteiger partial charge in [-0.1, -0.05) is 0 Å². The van der Waals surface area contributed by atoms with E-state index in [1.54, 1.807) is 6.20 Å². The second kappa shape index (κ2) is 6.09. The van der Waals surface area contributed by atoms with Crippen LogP contribution in [0.25, 0.3) is 5.65 Å². The van der Waals surface area contributed by atoms with E-state index < -0.39 is 5.97 Å². The fraction of sp³-hybridized carbons (Fsp3) is 0.417. The standard InChI is InChI=1S/C12H15N5O2.Na/c1-15-4-6-16(7-5-15)10-2-3-17-11(14-10)9(8-13-17)12(18)19;/h2-3,8H,4-7H2,1H3,(H,18,19);/q;+1/p-1. The largest absolute Gasteiger partial charge is 1.00 e. The molecule has 1 saturated heterocycles. The maximum Gasteiger partial charge on any atom is 1.00 e. The third kappa shape index (κ3) is 2.80. The third-order valence-corrected chi connectivity index (χ3v) is 3.40. The van der Waals surface area contributed by atoms with Crippen molar-refractivity contribution in [2.24, 2.45) is 0 Å². The van der Waals surface area contributed by atoms with E-state index >= 15 is 0 Å². The first-order chi connectivity index (χ1) is 9.15. The fourth-order valence-corrected chi connectivity index (χ4v) is 2.22. The molecule has 1 aliphatic heterocycles. The van der Waals surface area contributed by atoms with Crippen LogP contribution in [0.3, 0.4) is 0 Å². The molecule has 2 aromatic heterocycles. The van der Waals surface area contributed by atoms with Gasteiger partial charge in [0.15, 0.2) is 5.65 Å². The zero-order valence-electron chi connectivity index (χ0n) is 11.6. The maximum atomic E-state index is 11.0. The van der Waals surface area contributed by atoms with Crippen molar-refractivity contribution in [3.63, 3.8) is 0 Å². The van der Waals surface area contributed by atoms with E-state index in [0.717, 1.165) is 32.0 Å². The van der Waals surface area contributed by atoms with Crippen LogP contribution in [0.1, 0.15) is 10.4 Å². The topological polar surface area (TPSA) is 76.8 Å². The number of fused-ring (bicyclic) bond motifs is 1. The molecule has 1 fully saturated rings. The summed E-state index contributed by atoms with van der Waals surface area (Å²) < 4.78 is 1.45. The van der Waals surface area contributed by atoms with Gasteiger partial charge in [0.2, 0.25) is 0 Å². The Hall–Kier alpha value is -1.15. The minimum atomic E-state index is -1.25. The normalized spacial score (nSPS) is 16.1. The van der Waals surface area contributed by atoms with Crippen molar-refractivity contribution in [2.45, 2.75) is 0 Å². The summed E-state index contributed by atoms with van der Waals surface area (Å²) in [5, 5.41) is 14.9. The molecular formula is C12H14N5NaO2. The molecule has 100 valence electrons. The Morgan fingerprint density at radius 1 is 1.30 bits per heavy atom. The zero-order valence-corrected chi connectivity index (χ0v) is 13.6. The Bertz CT molecular complexity index is 621. The van der Waals surface area contributed by atoms with E-state index in [1.165, 1.54) is 10.7 Å². The number of carboxylic acids is 1. The number of carbonyl (C=O) groups is 1. The number of hydrogen-bond acceptors (Lipinski definition) is 6. The van der Waals surface area contributed by atoms with Gasteiger partial charge < -0.3 is 19.7 Å². The smallest absolute Gasteiger partial charge is 0.545 e. The van der Waals surface area contributed by atoms with E-state index in [0.29, 0.717) is 5.65 Å². The molecule has 0 radical (unpaired) electrons. The SMILES string of the molecule is CN1CCN(c2ccn3ncc(C(=O)[O-])c3n2)CC1.[Na+]. The van der Waals surface area contributed by atoms with Gasteiger partial charge in [-0.3, -0.25) is 0 Å². The van der Waals surface area contributed by atoms with Crippen molar-refractivity contribution in [1.82, 2.24) is 19.5 Å². The van der Waals surface area contributed by atoms with E-state index in [4.69, 9.17) is 0 Å². The summed E-state index contributed by atoms with van der Waals surface area (Å²) in [5.41, 5.74) is 0.354. The molecule has 3 rings (SSSR count). The molecule has 0 spiro atoms. The average Bonchev–Trinajstić information content (AvgIpc) is 2.82. The maximum absolute atomic E-state index is 11.0. The van der Waals surface area contributed by atoms with Gasteiger partial charge in [-0.25, -0.2) is 9.50 Å². The predicted molar refractivity (Wildman–Crippen MR) is 67.0 cm³/mol. The second-order valence-corrected chi connectivity index (χ2v) is 4.69. The summed E-state index contributed by atoms with van der Waals surface area (Å²) in [5.74, 6) is -0.471. The van der Waals surface area contributed by atoms with Gasteiger partial charge in [-0.05, 0) is 13.1 Å². The predicted octanol–water partition coefficient (Wildman–Crippen LogP) is -4.15. The van der Waals surface area contributed by atoms with E-state index in [1.807, 2.05) is 6.07 Å². The van der Waals surface area contributed by atoms with Crippen LogP contribution in [0.15, 0.2) is 18.5 Å². The van der Waals surface area contributed by atoms with Crippen molar-refractivity contribution in [3.8, 4) is 0 Å². The minimum absolute atomic E-state index is 0. The second-order valence-electron chi connectivity index (χ2n) is 4.69. The van der Waals surface area contributed by atoms with Gasteiger partial charge in [0.05, 0.1) is 17.7 Å². The number of hydrogen-bond donors (Lipinski definition) is 0. The van der Waals surface area contributed by atoms with Crippen molar-refractivity contribution in [2.75, 3.05) is 38.1 Å². The minimum Gasteiger partial charge on any atom is -0.545 e.